The summed E-state index contributed by atoms with van der Waals surface area (Å²) in [6.07, 6.45) is 2.80. The Balaban J connectivity index is 1.98. The molecule has 118 valence electrons. The first-order valence-corrected chi connectivity index (χ1v) is 8.39. The van der Waals surface area contributed by atoms with Gasteiger partial charge >= 0.3 is 5.97 Å². The van der Waals surface area contributed by atoms with Crippen LogP contribution in [0.15, 0.2) is 29.4 Å². The summed E-state index contributed by atoms with van der Waals surface area (Å²) in [6, 6.07) is 4.90. The molecule has 1 unspecified atom stereocenters. The van der Waals surface area contributed by atoms with Crippen molar-refractivity contribution in [3.05, 3.63) is 24.5 Å². The van der Waals surface area contributed by atoms with Crippen LogP contribution in [-0.2, 0) is 19.6 Å². The lowest BCUT2D eigenvalue weighted by atomic mass is 9.98. The van der Waals surface area contributed by atoms with Crippen LogP contribution in [0.1, 0.15) is 19.8 Å². The van der Waals surface area contributed by atoms with Crippen LogP contribution in [0.2, 0.25) is 0 Å². The van der Waals surface area contributed by atoms with Gasteiger partial charge < -0.3 is 4.74 Å². The first kappa shape index (κ1) is 16.4. The van der Waals surface area contributed by atoms with Crippen LogP contribution < -0.4 is 0 Å². The zero-order valence-corrected chi connectivity index (χ0v) is 13.0. The molecule has 2 rings (SSSR count). The van der Waals surface area contributed by atoms with Crippen molar-refractivity contribution in [2.24, 2.45) is 5.92 Å². The van der Waals surface area contributed by atoms with E-state index < -0.39 is 22.1 Å². The van der Waals surface area contributed by atoms with Crippen molar-refractivity contribution in [3.8, 4) is 6.07 Å². The SMILES string of the molecule is CC(C#N)OC(=O)C1CCN(S(=O)(=O)c2cccnc2)CC1. The van der Waals surface area contributed by atoms with Gasteiger partial charge in [-0.15, -0.1) is 0 Å². The third-order valence-electron chi connectivity index (χ3n) is 3.53. The van der Waals surface area contributed by atoms with Gasteiger partial charge in [0.15, 0.2) is 6.10 Å². The Morgan fingerprint density at radius 2 is 2.18 bits per heavy atom. The molecule has 0 saturated carbocycles. The van der Waals surface area contributed by atoms with Crippen molar-refractivity contribution in [1.82, 2.24) is 9.29 Å². The summed E-state index contributed by atoms with van der Waals surface area (Å²) in [4.78, 5) is 15.8. The second kappa shape index (κ2) is 6.85. The molecule has 0 spiro atoms. The lowest BCUT2D eigenvalue weighted by Crippen LogP contribution is -2.41. The zero-order chi connectivity index (χ0) is 16.2. The number of sulfonamides is 1. The molecule has 0 bridgehead atoms. The van der Waals surface area contributed by atoms with E-state index in [4.69, 9.17) is 10.00 Å². The van der Waals surface area contributed by atoms with Gasteiger partial charge in [-0.1, -0.05) is 0 Å². The number of ether oxygens (including phenoxy) is 1. The molecule has 1 aliphatic rings. The summed E-state index contributed by atoms with van der Waals surface area (Å²) in [5.41, 5.74) is 0. The predicted octanol–water partition coefficient (Wildman–Crippen LogP) is 0.938. The number of rotatable bonds is 4. The Bertz CT molecular complexity index is 661. The van der Waals surface area contributed by atoms with Gasteiger partial charge in [-0.05, 0) is 31.9 Å². The third kappa shape index (κ3) is 3.61. The molecule has 1 saturated heterocycles. The Labute approximate surface area is 129 Å². The summed E-state index contributed by atoms with van der Waals surface area (Å²) in [5, 5.41) is 8.64. The van der Waals surface area contributed by atoms with Gasteiger partial charge in [-0.2, -0.15) is 9.57 Å². The fourth-order valence-corrected chi connectivity index (χ4v) is 3.71. The van der Waals surface area contributed by atoms with E-state index in [2.05, 4.69) is 4.98 Å². The van der Waals surface area contributed by atoms with Crippen LogP contribution in [0, 0.1) is 17.2 Å². The molecule has 0 aliphatic carbocycles. The number of nitriles is 1. The normalized spacial score (nSPS) is 18.4. The maximum Gasteiger partial charge on any atom is 0.310 e. The van der Waals surface area contributed by atoms with Gasteiger partial charge in [0.05, 0.1) is 5.92 Å². The molecule has 1 atom stereocenters. The molecule has 0 aromatic carbocycles. The highest BCUT2D eigenvalue weighted by atomic mass is 32.2. The minimum Gasteiger partial charge on any atom is -0.447 e. The van der Waals surface area contributed by atoms with Gasteiger partial charge in [0.25, 0.3) is 0 Å². The number of hydrogen-bond donors (Lipinski definition) is 0. The molecule has 7 nitrogen and oxygen atoms in total. The van der Waals surface area contributed by atoms with Gasteiger partial charge in [0.2, 0.25) is 10.0 Å². The monoisotopic (exact) mass is 323 g/mol. The molecular weight excluding hydrogens is 306 g/mol. The fraction of sp³-hybridized carbons (Fsp3) is 0.500. The lowest BCUT2D eigenvalue weighted by molar-refractivity contribution is -0.152. The van der Waals surface area contributed by atoms with Gasteiger partial charge in [0, 0.05) is 25.5 Å². The van der Waals surface area contributed by atoms with Crippen molar-refractivity contribution >= 4 is 16.0 Å². The molecule has 1 aromatic heterocycles. The molecule has 0 radical (unpaired) electrons. The van der Waals surface area contributed by atoms with E-state index in [0.29, 0.717) is 12.8 Å². The molecule has 22 heavy (non-hydrogen) atoms. The highest BCUT2D eigenvalue weighted by Crippen LogP contribution is 2.24. The Morgan fingerprint density at radius 1 is 1.50 bits per heavy atom. The number of piperidine rings is 1. The average molecular weight is 323 g/mol. The van der Waals surface area contributed by atoms with Crippen LogP contribution in [-0.4, -0.2) is 42.9 Å². The van der Waals surface area contributed by atoms with Gasteiger partial charge in [-0.25, -0.2) is 8.42 Å². The van der Waals surface area contributed by atoms with E-state index in [1.54, 1.807) is 6.07 Å². The van der Waals surface area contributed by atoms with Crippen LogP contribution >= 0.6 is 0 Å². The Hall–Kier alpha value is -1.98. The number of aromatic nitrogens is 1. The van der Waals surface area contributed by atoms with Crippen molar-refractivity contribution in [1.29, 1.82) is 5.26 Å². The topological polar surface area (TPSA) is 100 Å². The molecule has 1 fully saturated rings. The van der Waals surface area contributed by atoms with E-state index in [9.17, 15) is 13.2 Å². The summed E-state index contributed by atoms with van der Waals surface area (Å²) >= 11 is 0. The zero-order valence-electron chi connectivity index (χ0n) is 12.2. The first-order chi connectivity index (χ1) is 10.4. The number of hydrogen-bond acceptors (Lipinski definition) is 6. The Kier molecular flexibility index (Phi) is 5.11. The van der Waals surface area contributed by atoms with E-state index in [0.717, 1.165) is 0 Å². The van der Waals surface area contributed by atoms with Crippen molar-refractivity contribution in [2.45, 2.75) is 30.8 Å². The quantitative estimate of drug-likeness (QED) is 0.764. The highest BCUT2D eigenvalue weighted by Gasteiger charge is 2.33. The minimum atomic E-state index is -3.57. The smallest absolute Gasteiger partial charge is 0.310 e. The molecular formula is C14H17N3O4S. The minimum absolute atomic E-state index is 0.147. The summed E-state index contributed by atoms with van der Waals surface area (Å²) < 4.78 is 31.1. The third-order valence-corrected chi connectivity index (χ3v) is 5.42. The second-order valence-corrected chi connectivity index (χ2v) is 7.01. The average Bonchev–Trinajstić information content (AvgIpc) is 2.55. The lowest BCUT2D eigenvalue weighted by Gasteiger charge is -2.30. The van der Waals surface area contributed by atoms with E-state index >= 15 is 0 Å². The van der Waals surface area contributed by atoms with E-state index in [-0.39, 0.29) is 23.9 Å². The largest absolute Gasteiger partial charge is 0.447 e. The number of nitrogens with zero attached hydrogens (tertiary/aromatic N) is 3. The molecule has 0 N–H and O–H groups in total. The van der Waals surface area contributed by atoms with Crippen LogP contribution in [0.5, 0.6) is 0 Å². The fourth-order valence-electron chi connectivity index (χ4n) is 2.28. The highest BCUT2D eigenvalue weighted by molar-refractivity contribution is 7.89. The molecule has 1 aliphatic heterocycles. The summed E-state index contributed by atoms with van der Waals surface area (Å²) in [5.74, 6) is -0.802. The van der Waals surface area contributed by atoms with E-state index in [1.165, 1.54) is 29.7 Å². The van der Waals surface area contributed by atoms with Gasteiger partial charge in [-0.3, -0.25) is 9.78 Å². The first-order valence-electron chi connectivity index (χ1n) is 6.95. The van der Waals surface area contributed by atoms with Crippen molar-refractivity contribution < 1.29 is 17.9 Å². The summed E-state index contributed by atoms with van der Waals surface area (Å²) in [7, 11) is -3.57. The maximum atomic E-state index is 12.4. The van der Waals surface area contributed by atoms with Gasteiger partial charge in [0.1, 0.15) is 11.0 Å². The van der Waals surface area contributed by atoms with Crippen LogP contribution in [0.4, 0.5) is 0 Å². The van der Waals surface area contributed by atoms with Crippen LogP contribution in [0.25, 0.3) is 0 Å². The molecule has 8 heteroatoms. The standard InChI is InChI=1S/C14H17N3O4S/c1-11(9-15)21-14(18)12-4-7-17(8-5-12)22(19,20)13-3-2-6-16-10-13/h2-3,6,10-12H,4-5,7-8H2,1H3. The predicted molar refractivity (Wildman–Crippen MR) is 76.9 cm³/mol. The molecule has 2 heterocycles. The molecule has 0 amide bonds. The number of carbonyl (C=O) groups excluding carboxylic acids is 1. The van der Waals surface area contributed by atoms with Crippen molar-refractivity contribution in [3.63, 3.8) is 0 Å². The van der Waals surface area contributed by atoms with Crippen molar-refractivity contribution in [2.75, 3.05) is 13.1 Å². The Morgan fingerprint density at radius 3 is 2.73 bits per heavy atom. The van der Waals surface area contributed by atoms with E-state index in [1.807, 2.05) is 6.07 Å². The maximum absolute atomic E-state index is 12.4. The number of esters is 1. The summed E-state index contributed by atoms with van der Waals surface area (Å²) in [6.45, 7) is 2.00. The number of carbonyl (C=O) groups is 1. The van der Waals surface area contributed by atoms with Crippen LogP contribution in [0.3, 0.4) is 0 Å². The number of pyridine rings is 1. The molecule has 1 aromatic rings. The second-order valence-electron chi connectivity index (χ2n) is 5.08.